The molecule has 10 nitrogen and oxygen atoms in total. The molecule has 1 saturated heterocycles. The molecule has 0 radical (unpaired) electrons. The van der Waals surface area contributed by atoms with Crippen LogP contribution in [0.2, 0.25) is 0 Å². The second kappa shape index (κ2) is 10.9. The molecular weight excluding hydrogens is 477 g/mol. The number of anilines is 4. The van der Waals surface area contributed by atoms with Crippen LogP contribution in [0, 0.1) is 11.3 Å². The Balaban J connectivity index is 1.57. The molecule has 0 atom stereocenters. The van der Waals surface area contributed by atoms with Gasteiger partial charge in [-0.3, -0.25) is 0 Å². The van der Waals surface area contributed by atoms with Gasteiger partial charge in [0.25, 0.3) is 0 Å². The Hall–Kier alpha value is -4.44. The molecule has 0 bridgehead atoms. The van der Waals surface area contributed by atoms with Crippen molar-refractivity contribution >= 4 is 29.2 Å². The number of morpholine rings is 1. The smallest absolute Gasteiger partial charge is 0.406 e. The Morgan fingerprint density at radius 1 is 1.08 bits per heavy atom. The average molecular weight is 498 g/mol. The van der Waals surface area contributed by atoms with Crippen LogP contribution < -0.4 is 20.4 Å². The first kappa shape index (κ1) is 24.7. The molecule has 2 heterocycles. The van der Waals surface area contributed by atoms with E-state index in [1.54, 1.807) is 25.1 Å². The van der Waals surface area contributed by atoms with Gasteiger partial charge in [-0.25, -0.2) is 5.43 Å². The van der Waals surface area contributed by atoms with Gasteiger partial charge in [-0.2, -0.15) is 25.3 Å². The van der Waals surface area contributed by atoms with Crippen LogP contribution in [-0.4, -0.2) is 53.3 Å². The van der Waals surface area contributed by atoms with Gasteiger partial charge in [0.2, 0.25) is 17.8 Å². The molecule has 1 aromatic heterocycles. The second-order valence-corrected chi connectivity index (χ2v) is 7.58. The van der Waals surface area contributed by atoms with Crippen molar-refractivity contribution < 1.29 is 22.6 Å². The van der Waals surface area contributed by atoms with E-state index < -0.39 is 6.36 Å². The van der Waals surface area contributed by atoms with Crippen LogP contribution in [0.3, 0.4) is 0 Å². The molecule has 1 aliphatic rings. The molecule has 186 valence electrons. The third kappa shape index (κ3) is 6.80. The minimum atomic E-state index is -4.77. The zero-order valence-corrected chi connectivity index (χ0v) is 19.1. The summed E-state index contributed by atoms with van der Waals surface area (Å²) in [4.78, 5) is 15.1. The highest BCUT2D eigenvalue weighted by atomic mass is 19.4. The lowest BCUT2D eigenvalue weighted by atomic mass is 10.1. The number of rotatable bonds is 7. The van der Waals surface area contributed by atoms with E-state index in [2.05, 4.69) is 41.6 Å². The van der Waals surface area contributed by atoms with Crippen molar-refractivity contribution in [2.24, 2.45) is 5.10 Å². The maximum atomic E-state index is 12.4. The van der Waals surface area contributed by atoms with Crippen molar-refractivity contribution in [2.75, 3.05) is 41.9 Å². The summed E-state index contributed by atoms with van der Waals surface area (Å²) in [5, 5.41) is 16.4. The van der Waals surface area contributed by atoms with Gasteiger partial charge in [0, 0.05) is 18.8 Å². The van der Waals surface area contributed by atoms with Gasteiger partial charge in [-0.05, 0) is 48.9 Å². The molecule has 4 rings (SSSR count). The third-order valence-electron chi connectivity index (χ3n) is 4.99. The van der Waals surface area contributed by atoms with Gasteiger partial charge < -0.3 is 19.7 Å². The molecule has 2 N–H and O–H groups in total. The fourth-order valence-corrected chi connectivity index (χ4v) is 3.26. The fourth-order valence-electron chi connectivity index (χ4n) is 3.26. The van der Waals surface area contributed by atoms with Crippen LogP contribution in [-0.2, 0) is 4.74 Å². The van der Waals surface area contributed by atoms with E-state index in [4.69, 9.17) is 10.00 Å². The maximum absolute atomic E-state index is 12.4. The SMILES string of the molecule is C/C(=N\Nc1nc(Nc2ccc(OC(F)(F)F)cc2)nc(N2CCOCC2)n1)c1cccc(C#N)c1. The van der Waals surface area contributed by atoms with Gasteiger partial charge in [0.1, 0.15) is 5.75 Å². The predicted octanol–water partition coefficient (Wildman–Crippen LogP) is 4.06. The summed E-state index contributed by atoms with van der Waals surface area (Å²) >= 11 is 0. The molecule has 2 aromatic carbocycles. The Labute approximate surface area is 204 Å². The number of aromatic nitrogens is 3. The van der Waals surface area contributed by atoms with Crippen molar-refractivity contribution in [2.45, 2.75) is 13.3 Å². The molecule has 1 aliphatic heterocycles. The molecule has 0 unspecified atom stereocenters. The van der Waals surface area contributed by atoms with Gasteiger partial charge in [-0.15, -0.1) is 13.2 Å². The van der Waals surface area contributed by atoms with E-state index in [-0.39, 0.29) is 17.6 Å². The standard InChI is InChI=1S/C23H21F3N8O2/c1-15(17-4-2-3-16(13-17)14-27)32-33-21-29-20(30-22(31-21)34-9-11-35-12-10-34)28-18-5-7-19(8-6-18)36-23(24,25)26/h2-8,13H,9-12H2,1H3,(H2,28,29,30,31,33)/b32-15+. The molecule has 0 saturated carbocycles. The van der Waals surface area contributed by atoms with Gasteiger partial charge in [0.05, 0.1) is 30.6 Å². The number of nitrogens with zero attached hydrogens (tertiary/aromatic N) is 6. The first-order valence-electron chi connectivity index (χ1n) is 10.8. The van der Waals surface area contributed by atoms with Crippen LogP contribution in [0.5, 0.6) is 5.75 Å². The number of halogens is 3. The number of hydrogen-bond donors (Lipinski definition) is 2. The van der Waals surface area contributed by atoms with Crippen molar-refractivity contribution in [3.05, 3.63) is 59.7 Å². The van der Waals surface area contributed by atoms with Crippen LogP contribution in [0.4, 0.5) is 36.7 Å². The highest BCUT2D eigenvalue weighted by molar-refractivity contribution is 5.99. The largest absolute Gasteiger partial charge is 0.573 e. The van der Waals surface area contributed by atoms with Crippen LogP contribution in [0.1, 0.15) is 18.1 Å². The molecule has 0 aliphatic carbocycles. The molecule has 36 heavy (non-hydrogen) atoms. The summed E-state index contributed by atoms with van der Waals surface area (Å²) in [6.07, 6.45) is -4.77. The number of nitrogens with one attached hydrogen (secondary N) is 2. The molecule has 0 amide bonds. The summed E-state index contributed by atoms with van der Waals surface area (Å²) < 4.78 is 46.5. The quantitative estimate of drug-likeness (QED) is 0.367. The van der Waals surface area contributed by atoms with Gasteiger partial charge in [0.15, 0.2) is 0 Å². The molecule has 13 heteroatoms. The third-order valence-corrected chi connectivity index (χ3v) is 4.99. The Morgan fingerprint density at radius 2 is 1.81 bits per heavy atom. The number of alkyl halides is 3. The molecular formula is C23H21F3N8O2. The number of benzene rings is 2. The minimum Gasteiger partial charge on any atom is -0.406 e. The van der Waals surface area contributed by atoms with E-state index in [1.165, 1.54) is 24.3 Å². The Bertz CT molecular complexity index is 1270. The lowest BCUT2D eigenvalue weighted by molar-refractivity contribution is -0.274. The van der Waals surface area contributed by atoms with E-state index >= 15 is 0 Å². The maximum Gasteiger partial charge on any atom is 0.573 e. The summed E-state index contributed by atoms with van der Waals surface area (Å²) in [6.45, 7) is 3.97. The van der Waals surface area contributed by atoms with Crippen LogP contribution in [0.15, 0.2) is 53.6 Å². The molecule has 3 aromatic rings. The minimum absolute atomic E-state index is 0.154. The summed E-state index contributed by atoms with van der Waals surface area (Å²) in [6, 6.07) is 14.3. The lowest BCUT2D eigenvalue weighted by Crippen LogP contribution is -2.37. The zero-order chi connectivity index (χ0) is 25.5. The van der Waals surface area contributed by atoms with Crippen molar-refractivity contribution in [1.82, 2.24) is 15.0 Å². The monoisotopic (exact) mass is 498 g/mol. The predicted molar refractivity (Wildman–Crippen MR) is 126 cm³/mol. The van der Waals surface area contributed by atoms with Crippen molar-refractivity contribution in [3.8, 4) is 11.8 Å². The highest BCUT2D eigenvalue weighted by Crippen LogP contribution is 2.25. The first-order chi connectivity index (χ1) is 17.3. The number of hydrogen-bond acceptors (Lipinski definition) is 10. The Kier molecular flexibility index (Phi) is 7.45. The number of hydrazone groups is 1. The van der Waals surface area contributed by atoms with E-state index in [0.29, 0.717) is 49.2 Å². The first-order valence-corrected chi connectivity index (χ1v) is 10.8. The molecule has 1 fully saturated rings. The number of nitriles is 1. The highest BCUT2D eigenvalue weighted by Gasteiger charge is 2.31. The van der Waals surface area contributed by atoms with Gasteiger partial charge >= 0.3 is 6.36 Å². The second-order valence-electron chi connectivity index (χ2n) is 7.58. The Morgan fingerprint density at radius 3 is 2.50 bits per heavy atom. The van der Waals surface area contributed by atoms with Gasteiger partial charge in [-0.1, -0.05) is 12.1 Å². The topological polar surface area (TPSA) is 121 Å². The van der Waals surface area contributed by atoms with Crippen molar-refractivity contribution in [3.63, 3.8) is 0 Å². The van der Waals surface area contributed by atoms with E-state index in [1.807, 2.05) is 11.0 Å². The summed E-state index contributed by atoms with van der Waals surface area (Å²) in [5.74, 6) is 0.361. The normalized spacial score (nSPS) is 14.2. The lowest BCUT2D eigenvalue weighted by Gasteiger charge is -2.27. The average Bonchev–Trinajstić information content (AvgIpc) is 2.88. The van der Waals surface area contributed by atoms with Crippen molar-refractivity contribution in [1.29, 1.82) is 5.26 Å². The van der Waals surface area contributed by atoms with E-state index in [9.17, 15) is 13.2 Å². The van der Waals surface area contributed by atoms with Crippen LogP contribution in [0.25, 0.3) is 0 Å². The summed E-state index contributed by atoms with van der Waals surface area (Å²) in [5.41, 5.74) is 5.14. The zero-order valence-electron chi connectivity index (χ0n) is 19.1. The molecule has 0 spiro atoms. The number of ether oxygens (including phenoxy) is 2. The fraction of sp³-hybridized carbons (Fsp3) is 0.261. The van der Waals surface area contributed by atoms with Crippen LogP contribution >= 0.6 is 0 Å². The van der Waals surface area contributed by atoms with E-state index in [0.717, 1.165) is 5.56 Å². The summed E-state index contributed by atoms with van der Waals surface area (Å²) in [7, 11) is 0.